The second-order valence-electron chi connectivity index (χ2n) is 4.26. The van der Waals surface area contributed by atoms with Gasteiger partial charge in [0.2, 0.25) is 0 Å². The summed E-state index contributed by atoms with van der Waals surface area (Å²) in [6.07, 6.45) is 3.01. The van der Waals surface area contributed by atoms with Gasteiger partial charge in [0.15, 0.2) is 9.84 Å². The van der Waals surface area contributed by atoms with E-state index in [0.717, 1.165) is 21.7 Å². The molecule has 20 heavy (non-hydrogen) atoms. The highest BCUT2D eigenvalue weighted by Crippen LogP contribution is 2.11. The second-order valence-corrected chi connectivity index (χ2v) is 5.95. The van der Waals surface area contributed by atoms with Crippen molar-refractivity contribution in [3.63, 3.8) is 0 Å². The van der Waals surface area contributed by atoms with Crippen molar-refractivity contribution in [2.24, 2.45) is 5.10 Å². The van der Waals surface area contributed by atoms with Crippen LogP contribution in [0.15, 0.2) is 64.1 Å². The molecule has 0 atom stereocenters. The zero-order valence-corrected chi connectivity index (χ0v) is 11.2. The molecule has 0 spiro atoms. The molecule has 0 aliphatic carbocycles. The molecule has 1 aromatic heterocycles. The van der Waals surface area contributed by atoms with E-state index in [1.165, 1.54) is 6.08 Å². The van der Waals surface area contributed by atoms with E-state index in [9.17, 15) is 8.42 Å². The SMILES string of the molecule is O=S1(=O)C=CC(NN=Cc2ccc3ccccc3n2)=C1. The summed E-state index contributed by atoms with van der Waals surface area (Å²) < 4.78 is 22.3. The molecular weight excluding hydrogens is 274 g/mol. The van der Waals surface area contributed by atoms with Crippen LogP contribution in [-0.2, 0) is 9.84 Å². The summed E-state index contributed by atoms with van der Waals surface area (Å²) in [5, 5.41) is 7.28. The lowest BCUT2D eigenvalue weighted by atomic mass is 10.2. The normalized spacial score (nSPS) is 16.7. The van der Waals surface area contributed by atoms with E-state index < -0.39 is 9.84 Å². The van der Waals surface area contributed by atoms with Gasteiger partial charge in [-0.25, -0.2) is 13.4 Å². The highest BCUT2D eigenvalue weighted by Gasteiger charge is 2.09. The third-order valence-corrected chi connectivity index (χ3v) is 3.84. The first-order valence-electron chi connectivity index (χ1n) is 5.92. The van der Waals surface area contributed by atoms with Gasteiger partial charge in [-0.1, -0.05) is 24.3 Å². The third kappa shape index (κ3) is 2.75. The Morgan fingerprint density at radius 2 is 2.00 bits per heavy atom. The first-order valence-corrected chi connectivity index (χ1v) is 7.53. The van der Waals surface area contributed by atoms with Crippen molar-refractivity contribution in [3.05, 3.63) is 64.7 Å². The Morgan fingerprint density at radius 1 is 1.15 bits per heavy atom. The van der Waals surface area contributed by atoms with E-state index in [2.05, 4.69) is 15.5 Å². The number of allylic oxidation sites excluding steroid dienone is 1. The molecule has 5 nitrogen and oxygen atoms in total. The van der Waals surface area contributed by atoms with Gasteiger partial charge in [0.05, 0.1) is 28.5 Å². The molecule has 0 radical (unpaired) electrons. The van der Waals surface area contributed by atoms with Crippen molar-refractivity contribution in [1.29, 1.82) is 0 Å². The minimum Gasteiger partial charge on any atom is -0.278 e. The Bertz CT molecular complexity index is 852. The molecule has 1 aromatic carbocycles. The monoisotopic (exact) mass is 285 g/mol. The summed E-state index contributed by atoms with van der Waals surface area (Å²) in [5.41, 5.74) is 4.67. The molecule has 3 rings (SSSR count). The Balaban J connectivity index is 1.77. The van der Waals surface area contributed by atoms with E-state index in [-0.39, 0.29) is 0 Å². The fraction of sp³-hybridized carbons (Fsp3) is 0. The smallest absolute Gasteiger partial charge is 0.195 e. The second kappa shape index (κ2) is 4.90. The maximum absolute atomic E-state index is 11.2. The molecule has 1 aliphatic rings. The molecule has 0 bridgehead atoms. The van der Waals surface area contributed by atoms with Crippen LogP contribution in [0, 0.1) is 0 Å². The average molecular weight is 285 g/mol. The summed E-state index contributed by atoms with van der Waals surface area (Å²) in [7, 11) is -3.21. The molecule has 1 aliphatic heterocycles. The van der Waals surface area contributed by atoms with Crippen molar-refractivity contribution < 1.29 is 8.42 Å². The molecule has 0 amide bonds. The molecule has 0 saturated heterocycles. The zero-order chi connectivity index (χ0) is 14.0. The number of aromatic nitrogens is 1. The summed E-state index contributed by atoms with van der Waals surface area (Å²) in [5.74, 6) is 0. The largest absolute Gasteiger partial charge is 0.278 e. The van der Waals surface area contributed by atoms with Crippen molar-refractivity contribution in [1.82, 2.24) is 10.4 Å². The number of nitrogens with zero attached hydrogens (tertiary/aromatic N) is 2. The van der Waals surface area contributed by atoms with Crippen molar-refractivity contribution in [2.45, 2.75) is 0 Å². The van der Waals surface area contributed by atoms with Crippen LogP contribution >= 0.6 is 0 Å². The van der Waals surface area contributed by atoms with Crippen LogP contribution in [0.3, 0.4) is 0 Å². The van der Waals surface area contributed by atoms with Gasteiger partial charge in [-0.15, -0.1) is 0 Å². The average Bonchev–Trinajstić information content (AvgIpc) is 2.78. The van der Waals surface area contributed by atoms with Crippen molar-refractivity contribution in [2.75, 3.05) is 0 Å². The van der Waals surface area contributed by atoms with Crippen LogP contribution in [-0.4, -0.2) is 19.6 Å². The third-order valence-electron chi connectivity index (χ3n) is 2.74. The summed E-state index contributed by atoms with van der Waals surface area (Å²) in [6.45, 7) is 0. The number of pyridine rings is 1. The molecule has 0 fully saturated rings. The van der Waals surface area contributed by atoms with Crippen LogP contribution in [0.1, 0.15) is 5.69 Å². The molecular formula is C14H11N3O2S. The van der Waals surface area contributed by atoms with Crippen LogP contribution in [0.2, 0.25) is 0 Å². The topological polar surface area (TPSA) is 71.4 Å². The van der Waals surface area contributed by atoms with Gasteiger partial charge in [0.25, 0.3) is 0 Å². The number of benzene rings is 1. The first-order chi connectivity index (χ1) is 9.62. The van der Waals surface area contributed by atoms with Gasteiger partial charge < -0.3 is 0 Å². The van der Waals surface area contributed by atoms with Crippen LogP contribution in [0.5, 0.6) is 0 Å². The molecule has 2 aromatic rings. The lowest BCUT2D eigenvalue weighted by molar-refractivity contribution is 0.613. The van der Waals surface area contributed by atoms with Gasteiger partial charge in [0.1, 0.15) is 0 Å². The molecule has 6 heteroatoms. The maximum atomic E-state index is 11.2. The quantitative estimate of drug-likeness (QED) is 0.691. The van der Waals surface area contributed by atoms with Crippen LogP contribution in [0.25, 0.3) is 10.9 Å². The van der Waals surface area contributed by atoms with E-state index in [1.54, 1.807) is 6.21 Å². The van der Waals surface area contributed by atoms with Gasteiger partial charge >= 0.3 is 0 Å². The van der Waals surface area contributed by atoms with E-state index >= 15 is 0 Å². The Kier molecular flexibility index (Phi) is 3.08. The van der Waals surface area contributed by atoms with Crippen LogP contribution in [0.4, 0.5) is 0 Å². The van der Waals surface area contributed by atoms with E-state index in [4.69, 9.17) is 0 Å². The first kappa shape index (κ1) is 12.6. The Morgan fingerprint density at radius 3 is 2.80 bits per heavy atom. The van der Waals surface area contributed by atoms with E-state index in [0.29, 0.717) is 11.4 Å². The Hall–Kier alpha value is -2.47. The van der Waals surface area contributed by atoms with Gasteiger partial charge in [-0.2, -0.15) is 5.10 Å². The fourth-order valence-electron chi connectivity index (χ4n) is 1.81. The number of rotatable bonds is 3. The van der Waals surface area contributed by atoms with Crippen molar-refractivity contribution in [3.8, 4) is 0 Å². The molecule has 0 saturated carbocycles. The predicted molar refractivity (Wildman–Crippen MR) is 78.6 cm³/mol. The van der Waals surface area contributed by atoms with Crippen LogP contribution < -0.4 is 5.43 Å². The summed E-state index contributed by atoms with van der Waals surface area (Å²) >= 11 is 0. The van der Waals surface area contributed by atoms with Gasteiger partial charge in [-0.05, 0) is 18.2 Å². The lowest BCUT2D eigenvalue weighted by Crippen LogP contribution is -2.03. The zero-order valence-electron chi connectivity index (χ0n) is 10.4. The minimum atomic E-state index is -3.21. The number of para-hydroxylation sites is 1. The van der Waals surface area contributed by atoms with Gasteiger partial charge in [-0.3, -0.25) is 5.43 Å². The number of nitrogens with one attached hydrogen (secondary N) is 1. The number of sulfone groups is 1. The van der Waals surface area contributed by atoms with Gasteiger partial charge in [0, 0.05) is 10.8 Å². The van der Waals surface area contributed by atoms with E-state index in [1.807, 2.05) is 36.4 Å². The predicted octanol–water partition coefficient (Wildman–Crippen LogP) is 1.94. The standard InChI is InChI=1S/C14H11N3O2S/c18-20(19)8-7-13(10-20)17-15-9-12-6-5-11-3-1-2-4-14(11)16-12/h1-10,17H. The highest BCUT2D eigenvalue weighted by atomic mass is 32.2. The molecule has 2 heterocycles. The minimum absolute atomic E-state index is 0.432. The Labute approximate surface area is 116 Å². The molecule has 0 unspecified atom stereocenters. The molecule has 100 valence electrons. The fourth-order valence-corrected chi connectivity index (χ4v) is 2.71. The number of hydrazone groups is 1. The highest BCUT2D eigenvalue weighted by molar-refractivity contribution is 7.97. The summed E-state index contributed by atoms with van der Waals surface area (Å²) in [6, 6.07) is 11.6. The maximum Gasteiger partial charge on any atom is 0.195 e. The number of fused-ring (bicyclic) bond motifs is 1. The lowest BCUT2D eigenvalue weighted by Gasteiger charge is -1.99. The molecule has 1 N–H and O–H groups in total. The summed E-state index contributed by atoms with van der Waals surface area (Å²) in [4.78, 5) is 4.42. The van der Waals surface area contributed by atoms with Crippen molar-refractivity contribution >= 4 is 27.0 Å². The number of hydrogen-bond acceptors (Lipinski definition) is 5. The number of hydrogen-bond donors (Lipinski definition) is 1.